The van der Waals surface area contributed by atoms with Crippen LogP contribution < -0.4 is 15.4 Å². The molecule has 1 aromatic rings. The summed E-state index contributed by atoms with van der Waals surface area (Å²) in [5.74, 6) is 0.599. The summed E-state index contributed by atoms with van der Waals surface area (Å²) in [6.45, 7) is 2.32. The third-order valence-corrected chi connectivity index (χ3v) is 3.02. The molecule has 6 nitrogen and oxygen atoms in total. The molecule has 0 fully saturated rings. The van der Waals surface area contributed by atoms with Gasteiger partial charge in [-0.1, -0.05) is 0 Å². The van der Waals surface area contributed by atoms with Crippen LogP contribution in [0, 0.1) is 0 Å². The number of ether oxygens (including phenoxy) is 3. The van der Waals surface area contributed by atoms with E-state index in [9.17, 15) is 4.79 Å². The van der Waals surface area contributed by atoms with E-state index in [1.807, 2.05) is 0 Å². The second-order valence-electron chi connectivity index (χ2n) is 4.52. The fourth-order valence-electron chi connectivity index (χ4n) is 2.03. The lowest BCUT2D eigenvalue weighted by atomic mass is 10.2. The molecule has 0 unspecified atom stereocenters. The van der Waals surface area contributed by atoms with E-state index >= 15 is 0 Å². The summed E-state index contributed by atoms with van der Waals surface area (Å²) >= 11 is 0. The zero-order chi connectivity index (χ0) is 14.4. The highest BCUT2D eigenvalue weighted by molar-refractivity contribution is 5.98. The lowest BCUT2D eigenvalue weighted by Crippen LogP contribution is -2.40. The largest absolute Gasteiger partial charge is 0.482 e. The summed E-state index contributed by atoms with van der Waals surface area (Å²) in [6, 6.07) is 5.29. The highest BCUT2D eigenvalue weighted by Gasteiger charge is 2.25. The molecule has 0 saturated heterocycles. The quantitative estimate of drug-likeness (QED) is 0.597. The van der Waals surface area contributed by atoms with Gasteiger partial charge in [0.25, 0.3) is 5.91 Å². The van der Waals surface area contributed by atoms with Crippen molar-refractivity contribution >= 4 is 17.3 Å². The molecule has 1 aliphatic rings. The molecule has 0 atom stereocenters. The highest BCUT2D eigenvalue weighted by Crippen LogP contribution is 2.33. The van der Waals surface area contributed by atoms with Gasteiger partial charge < -0.3 is 24.8 Å². The Morgan fingerprint density at radius 1 is 1.35 bits per heavy atom. The zero-order valence-corrected chi connectivity index (χ0v) is 11.6. The van der Waals surface area contributed by atoms with Gasteiger partial charge in [-0.15, -0.1) is 0 Å². The first-order chi connectivity index (χ1) is 9.72. The summed E-state index contributed by atoms with van der Waals surface area (Å²) in [5, 5.41) is 0. The molecule has 0 spiro atoms. The maximum Gasteiger partial charge on any atom is 0.265 e. The molecule has 0 bridgehead atoms. The van der Waals surface area contributed by atoms with Crippen LogP contribution in [0.1, 0.15) is 6.42 Å². The van der Waals surface area contributed by atoms with Crippen molar-refractivity contribution in [3.8, 4) is 5.75 Å². The first-order valence-corrected chi connectivity index (χ1v) is 6.61. The minimum Gasteiger partial charge on any atom is -0.482 e. The molecule has 1 aliphatic heterocycles. The minimum absolute atomic E-state index is 0.0561. The van der Waals surface area contributed by atoms with E-state index in [4.69, 9.17) is 19.9 Å². The molecule has 2 N–H and O–H groups in total. The smallest absolute Gasteiger partial charge is 0.265 e. The predicted molar refractivity (Wildman–Crippen MR) is 76.0 cm³/mol. The van der Waals surface area contributed by atoms with E-state index in [1.165, 1.54) is 0 Å². The number of benzene rings is 1. The Balaban J connectivity index is 1.90. The van der Waals surface area contributed by atoms with Crippen LogP contribution in [0.5, 0.6) is 5.75 Å². The molecule has 1 amide bonds. The Kier molecular flexibility index (Phi) is 5.20. The SMILES string of the molecule is COCCCOCCN1C(=O)COc2ccc(N)cc21. The third-order valence-electron chi connectivity index (χ3n) is 3.02. The van der Waals surface area contributed by atoms with Gasteiger partial charge in [0.2, 0.25) is 0 Å². The Morgan fingerprint density at radius 3 is 3.00 bits per heavy atom. The van der Waals surface area contributed by atoms with Crippen LogP contribution in [-0.2, 0) is 14.3 Å². The molecule has 1 aromatic carbocycles. The number of carbonyl (C=O) groups is 1. The molecular weight excluding hydrogens is 260 g/mol. The number of methoxy groups -OCH3 is 1. The van der Waals surface area contributed by atoms with E-state index in [1.54, 1.807) is 30.2 Å². The molecule has 0 radical (unpaired) electrons. The molecule has 2 rings (SSSR count). The number of rotatable bonds is 7. The van der Waals surface area contributed by atoms with Crippen molar-refractivity contribution < 1.29 is 19.0 Å². The average molecular weight is 280 g/mol. The number of hydrogen-bond acceptors (Lipinski definition) is 5. The van der Waals surface area contributed by atoms with E-state index in [0.717, 1.165) is 6.42 Å². The van der Waals surface area contributed by atoms with Crippen molar-refractivity contribution in [2.24, 2.45) is 0 Å². The fraction of sp³-hybridized carbons (Fsp3) is 0.500. The van der Waals surface area contributed by atoms with Crippen LogP contribution in [0.2, 0.25) is 0 Å². The standard InChI is InChI=1S/C14H20N2O4/c1-18-6-2-7-19-8-5-16-12-9-11(15)3-4-13(12)20-10-14(16)17/h3-4,9H,2,5-8,10,15H2,1H3. The van der Waals surface area contributed by atoms with Gasteiger partial charge in [0.15, 0.2) is 6.61 Å². The van der Waals surface area contributed by atoms with Gasteiger partial charge in [-0.3, -0.25) is 4.79 Å². The summed E-state index contributed by atoms with van der Waals surface area (Å²) in [7, 11) is 1.66. The first kappa shape index (κ1) is 14.6. The van der Waals surface area contributed by atoms with Gasteiger partial charge in [0.1, 0.15) is 5.75 Å². The minimum atomic E-state index is -0.0800. The molecular formula is C14H20N2O4. The summed E-state index contributed by atoms with van der Waals surface area (Å²) in [6.07, 6.45) is 0.844. The normalized spacial score (nSPS) is 14.1. The number of nitrogen functional groups attached to an aromatic ring is 1. The maximum atomic E-state index is 11.9. The van der Waals surface area contributed by atoms with Gasteiger partial charge in [-0.2, -0.15) is 0 Å². The molecule has 6 heteroatoms. The third kappa shape index (κ3) is 3.61. The fourth-order valence-corrected chi connectivity index (χ4v) is 2.03. The van der Waals surface area contributed by atoms with E-state index in [-0.39, 0.29) is 12.5 Å². The van der Waals surface area contributed by atoms with Crippen molar-refractivity contribution in [1.29, 1.82) is 0 Å². The topological polar surface area (TPSA) is 74.0 Å². The number of hydrogen-bond donors (Lipinski definition) is 1. The molecule has 0 aliphatic carbocycles. The first-order valence-electron chi connectivity index (χ1n) is 6.61. The molecule has 20 heavy (non-hydrogen) atoms. The van der Waals surface area contributed by atoms with Gasteiger partial charge in [0.05, 0.1) is 12.3 Å². The monoisotopic (exact) mass is 280 g/mol. The van der Waals surface area contributed by atoms with Crippen molar-refractivity contribution in [3.05, 3.63) is 18.2 Å². The second kappa shape index (κ2) is 7.12. The average Bonchev–Trinajstić information content (AvgIpc) is 2.44. The second-order valence-corrected chi connectivity index (χ2v) is 4.52. The number of fused-ring (bicyclic) bond motifs is 1. The number of nitrogens with zero attached hydrogens (tertiary/aromatic N) is 1. The van der Waals surface area contributed by atoms with Crippen molar-refractivity contribution in [1.82, 2.24) is 0 Å². The maximum absolute atomic E-state index is 11.9. The Morgan fingerprint density at radius 2 is 2.20 bits per heavy atom. The summed E-state index contributed by atoms with van der Waals surface area (Å²) in [5.41, 5.74) is 7.08. The van der Waals surface area contributed by atoms with E-state index in [0.29, 0.717) is 43.5 Å². The van der Waals surface area contributed by atoms with Crippen LogP contribution in [0.4, 0.5) is 11.4 Å². The molecule has 0 aromatic heterocycles. The van der Waals surface area contributed by atoms with Crippen molar-refractivity contribution in [2.45, 2.75) is 6.42 Å². The van der Waals surface area contributed by atoms with Gasteiger partial charge in [-0.05, 0) is 24.6 Å². The highest BCUT2D eigenvalue weighted by atomic mass is 16.5. The lowest BCUT2D eigenvalue weighted by Gasteiger charge is -2.29. The van der Waals surface area contributed by atoms with Gasteiger partial charge in [-0.25, -0.2) is 0 Å². The number of carbonyl (C=O) groups excluding carboxylic acids is 1. The van der Waals surface area contributed by atoms with Crippen LogP contribution in [0.15, 0.2) is 18.2 Å². The predicted octanol–water partition coefficient (Wildman–Crippen LogP) is 1.05. The zero-order valence-electron chi connectivity index (χ0n) is 11.6. The Hall–Kier alpha value is -1.79. The Labute approximate surface area is 118 Å². The van der Waals surface area contributed by atoms with Crippen LogP contribution in [-0.4, -0.2) is 46.0 Å². The van der Waals surface area contributed by atoms with Crippen LogP contribution >= 0.6 is 0 Å². The van der Waals surface area contributed by atoms with Crippen molar-refractivity contribution in [2.75, 3.05) is 50.7 Å². The van der Waals surface area contributed by atoms with Gasteiger partial charge in [0, 0.05) is 32.6 Å². The van der Waals surface area contributed by atoms with E-state index in [2.05, 4.69) is 0 Å². The summed E-state index contributed by atoms with van der Waals surface area (Å²) in [4.78, 5) is 13.6. The van der Waals surface area contributed by atoms with Crippen LogP contribution in [0.25, 0.3) is 0 Å². The number of amides is 1. The number of nitrogens with two attached hydrogens (primary N) is 1. The van der Waals surface area contributed by atoms with Crippen LogP contribution in [0.3, 0.4) is 0 Å². The van der Waals surface area contributed by atoms with Gasteiger partial charge >= 0.3 is 0 Å². The molecule has 1 heterocycles. The molecule has 0 saturated carbocycles. The Bertz CT molecular complexity index is 464. The van der Waals surface area contributed by atoms with E-state index < -0.39 is 0 Å². The lowest BCUT2D eigenvalue weighted by molar-refractivity contribution is -0.121. The van der Waals surface area contributed by atoms with Crippen molar-refractivity contribution in [3.63, 3.8) is 0 Å². The summed E-state index contributed by atoms with van der Waals surface area (Å²) < 4.78 is 15.8. The number of anilines is 2. The molecule has 110 valence electrons.